The summed E-state index contributed by atoms with van der Waals surface area (Å²) in [6, 6.07) is 6.43. The van der Waals surface area contributed by atoms with Gasteiger partial charge in [0.1, 0.15) is 5.82 Å². The van der Waals surface area contributed by atoms with Gasteiger partial charge in [0, 0.05) is 29.9 Å². The van der Waals surface area contributed by atoms with Gasteiger partial charge in [-0.15, -0.1) is 23.1 Å². The SMILES string of the molecule is O=C(CSc1ccccc1F)Nc1nc(CN2CCOCC2)cs1. The molecule has 128 valence electrons. The maximum atomic E-state index is 13.5. The molecule has 0 unspecified atom stereocenters. The monoisotopic (exact) mass is 367 g/mol. The number of amides is 1. The van der Waals surface area contributed by atoms with Crippen molar-refractivity contribution in [1.29, 1.82) is 0 Å². The Hall–Kier alpha value is -1.48. The molecule has 8 heteroatoms. The third kappa shape index (κ3) is 5.01. The molecule has 1 N–H and O–H groups in total. The predicted octanol–water partition coefficient (Wildman–Crippen LogP) is 2.85. The van der Waals surface area contributed by atoms with E-state index in [0.29, 0.717) is 10.0 Å². The van der Waals surface area contributed by atoms with Gasteiger partial charge in [-0.05, 0) is 12.1 Å². The molecule has 1 aliphatic heterocycles. The van der Waals surface area contributed by atoms with E-state index in [1.807, 2.05) is 5.38 Å². The summed E-state index contributed by atoms with van der Waals surface area (Å²) in [7, 11) is 0. The molecule has 1 aromatic heterocycles. The first-order valence-electron chi connectivity index (χ1n) is 7.62. The predicted molar refractivity (Wildman–Crippen MR) is 94.0 cm³/mol. The second kappa shape index (κ2) is 8.57. The van der Waals surface area contributed by atoms with Crippen LogP contribution < -0.4 is 5.32 Å². The van der Waals surface area contributed by atoms with E-state index in [0.717, 1.165) is 38.5 Å². The number of aromatic nitrogens is 1. The largest absolute Gasteiger partial charge is 0.379 e. The van der Waals surface area contributed by atoms with Gasteiger partial charge in [-0.1, -0.05) is 12.1 Å². The molecule has 1 aliphatic rings. The van der Waals surface area contributed by atoms with Crippen molar-refractivity contribution in [2.24, 2.45) is 0 Å². The van der Waals surface area contributed by atoms with Crippen LogP contribution in [-0.2, 0) is 16.1 Å². The Morgan fingerprint density at radius 1 is 1.38 bits per heavy atom. The molecule has 5 nitrogen and oxygen atoms in total. The third-order valence-electron chi connectivity index (χ3n) is 3.48. The van der Waals surface area contributed by atoms with Crippen molar-refractivity contribution in [2.75, 3.05) is 37.4 Å². The van der Waals surface area contributed by atoms with E-state index in [1.54, 1.807) is 18.2 Å². The fraction of sp³-hybridized carbons (Fsp3) is 0.375. The Labute approximate surface area is 148 Å². The van der Waals surface area contributed by atoms with Crippen molar-refractivity contribution in [1.82, 2.24) is 9.88 Å². The summed E-state index contributed by atoms with van der Waals surface area (Å²) in [4.78, 5) is 19.2. The summed E-state index contributed by atoms with van der Waals surface area (Å²) in [5.41, 5.74) is 0.943. The van der Waals surface area contributed by atoms with Crippen LogP contribution >= 0.6 is 23.1 Å². The summed E-state index contributed by atoms with van der Waals surface area (Å²) < 4.78 is 18.8. The Morgan fingerprint density at radius 3 is 2.96 bits per heavy atom. The van der Waals surface area contributed by atoms with Crippen LogP contribution in [-0.4, -0.2) is 47.8 Å². The number of carbonyl (C=O) groups excluding carboxylic acids is 1. The van der Waals surface area contributed by atoms with Crippen molar-refractivity contribution in [3.05, 3.63) is 41.2 Å². The zero-order chi connectivity index (χ0) is 16.8. The van der Waals surface area contributed by atoms with Gasteiger partial charge in [0.25, 0.3) is 0 Å². The Morgan fingerprint density at radius 2 is 2.17 bits per heavy atom. The van der Waals surface area contributed by atoms with Gasteiger partial charge in [0.2, 0.25) is 5.91 Å². The maximum Gasteiger partial charge on any atom is 0.236 e. The summed E-state index contributed by atoms with van der Waals surface area (Å²) in [6.07, 6.45) is 0. The summed E-state index contributed by atoms with van der Waals surface area (Å²) in [5.74, 6) is -0.341. The molecular formula is C16H18FN3O2S2. The van der Waals surface area contributed by atoms with Gasteiger partial charge < -0.3 is 10.1 Å². The number of benzene rings is 1. The molecule has 1 saturated heterocycles. The van der Waals surface area contributed by atoms with Crippen molar-refractivity contribution in [3.8, 4) is 0 Å². The lowest BCUT2D eigenvalue weighted by molar-refractivity contribution is -0.113. The van der Waals surface area contributed by atoms with Crippen LogP contribution in [0.3, 0.4) is 0 Å². The lowest BCUT2D eigenvalue weighted by Crippen LogP contribution is -2.35. The fourth-order valence-corrected chi connectivity index (χ4v) is 3.74. The van der Waals surface area contributed by atoms with Gasteiger partial charge in [0.05, 0.1) is 24.7 Å². The topological polar surface area (TPSA) is 54.5 Å². The van der Waals surface area contributed by atoms with Crippen LogP contribution in [0.25, 0.3) is 0 Å². The molecule has 1 fully saturated rings. The van der Waals surface area contributed by atoms with Crippen molar-refractivity contribution >= 4 is 34.1 Å². The number of morpholine rings is 1. The zero-order valence-electron chi connectivity index (χ0n) is 13.0. The van der Waals surface area contributed by atoms with Crippen LogP contribution in [0.1, 0.15) is 5.69 Å². The van der Waals surface area contributed by atoms with Crippen LogP contribution in [0.2, 0.25) is 0 Å². The molecule has 3 rings (SSSR count). The molecule has 0 bridgehead atoms. The molecule has 2 heterocycles. The van der Waals surface area contributed by atoms with Crippen LogP contribution in [0.4, 0.5) is 9.52 Å². The molecule has 0 saturated carbocycles. The van der Waals surface area contributed by atoms with Crippen LogP contribution in [0.15, 0.2) is 34.5 Å². The molecule has 24 heavy (non-hydrogen) atoms. The zero-order valence-corrected chi connectivity index (χ0v) is 14.7. The number of nitrogens with one attached hydrogen (secondary N) is 1. The highest BCUT2D eigenvalue weighted by Gasteiger charge is 2.13. The molecule has 0 aliphatic carbocycles. The number of hydrogen-bond donors (Lipinski definition) is 1. The average Bonchev–Trinajstić information content (AvgIpc) is 3.02. The first-order valence-corrected chi connectivity index (χ1v) is 9.49. The minimum Gasteiger partial charge on any atom is -0.379 e. The molecule has 1 amide bonds. The number of thioether (sulfide) groups is 1. The first-order chi connectivity index (χ1) is 11.7. The van der Waals surface area contributed by atoms with Gasteiger partial charge >= 0.3 is 0 Å². The molecule has 0 radical (unpaired) electrons. The smallest absolute Gasteiger partial charge is 0.236 e. The molecule has 0 atom stereocenters. The third-order valence-corrected chi connectivity index (χ3v) is 5.34. The second-order valence-electron chi connectivity index (χ2n) is 5.30. The summed E-state index contributed by atoms with van der Waals surface area (Å²) in [6.45, 7) is 4.07. The summed E-state index contributed by atoms with van der Waals surface area (Å²) >= 11 is 2.58. The average molecular weight is 367 g/mol. The van der Waals surface area contributed by atoms with Crippen LogP contribution in [0.5, 0.6) is 0 Å². The van der Waals surface area contributed by atoms with E-state index in [2.05, 4.69) is 15.2 Å². The van der Waals surface area contributed by atoms with E-state index in [1.165, 1.54) is 29.2 Å². The molecule has 2 aromatic rings. The van der Waals surface area contributed by atoms with Crippen molar-refractivity contribution in [3.63, 3.8) is 0 Å². The number of thiazole rings is 1. The number of rotatable bonds is 6. The lowest BCUT2D eigenvalue weighted by atomic mass is 10.3. The van der Waals surface area contributed by atoms with Gasteiger partial charge in [-0.25, -0.2) is 9.37 Å². The molecule has 0 spiro atoms. The highest BCUT2D eigenvalue weighted by molar-refractivity contribution is 8.00. The van der Waals surface area contributed by atoms with E-state index in [9.17, 15) is 9.18 Å². The van der Waals surface area contributed by atoms with Crippen molar-refractivity contribution in [2.45, 2.75) is 11.4 Å². The quantitative estimate of drug-likeness (QED) is 0.796. The van der Waals surface area contributed by atoms with Crippen molar-refractivity contribution < 1.29 is 13.9 Å². The Bertz CT molecular complexity index is 689. The summed E-state index contributed by atoms with van der Waals surface area (Å²) in [5, 5.41) is 5.31. The van der Waals surface area contributed by atoms with Gasteiger partial charge in [-0.3, -0.25) is 9.69 Å². The fourth-order valence-electron chi connectivity index (χ4n) is 2.29. The normalized spacial score (nSPS) is 15.4. The highest BCUT2D eigenvalue weighted by atomic mass is 32.2. The van der Waals surface area contributed by atoms with E-state index >= 15 is 0 Å². The molecule has 1 aromatic carbocycles. The van der Waals surface area contributed by atoms with E-state index in [-0.39, 0.29) is 17.5 Å². The minimum absolute atomic E-state index is 0.152. The van der Waals surface area contributed by atoms with Gasteiger partial charge in [0.15, 0.2) is 5.13 Å². The maximum absolute atomic E-state index is 13.5. The minimum atomic E-state index is -0.308. The van der Waals surface area contributed by atoms with E-state index < -0.39 is 0 Å². The highest BCUT2D eigenvalue weighted by Crippen LogP contribution is 2.22. The number of anilines is 1. The standard InChI is InChI=1S/C16H18FN3O2S2/c17-13-3-1-2-4-14(13)23-11-15(21)19-16-18-12(10-24-16)9-20-5-7-22-8-6-20/h1-4,10H,5-9,11H2,(H,18,19,21). The molecular weight excluding hydrogens is 349 g/mol. The Kier molecular flexibility index (Phi) is 6.19. The Balaban J connectivity index is 1.47. The number of hydrogen-bond acceptors (Lipinski definition) is 6. The second-order valence-corrected chi connectivity index (χ2v) is 7.18. The number of ether oxygens (including phenoxy) is 1. The van der Waals surface area contributed by atoms with E-state index in [4.69, 9.17) is 4.74 Å². The number of carbonyl (C=O) groups is 1. The van der Waals surface area contributed by atoms with Gasteiger partial charge in [-0.2, -0.15) is 0 Å². The number of nitrogens with zero attached hydrogens (tertiary/aromatic N) is 2. The first kappa shape index (κ1) is 17.3. The number of halogens is 1. The van der Waals surface area contributed by atoms with Crippen LogP contribution in [0, 0.1) is 5.82 Å². The lowest BCUT2D eigenvalue weighted by Gasteiger charge is -2.25.